The maximum Gasteiger partial charge on any atom is 0.136 e. The first-order valence-corrected chi connectivity index (χ1v) is 9.12. The Hall–Kier alpha value is -1.84. The van der Waals surface area contributed by atoms with Crippen LogP contribution in [0.2, 0.25) is 0 Å². The second-order valence-electron chi connectivity index (χ2n) is 5.84. The highest BCUT2D eigenvalue weighted by molar-refractivity contribution is 9.10. The van der Waals surface area contributed by atoms with E-state index < -0.39 is 0 Å². The smallest absolute Gasteiger partial charge is 0.136 e. The van der Waals surface area contributed by atoms with Crippen LogP contribution >= 0.6 is 27.3 Å². The van der Waals surface area contributed by atoms with E-state index in [2.05, 4.69) is 31.9 Å². The molecule has 4 nitrogen and oxygen atoms in total. The zero-order valence-corrected chi connectivity index (χ0v) is 14.7. The number of thiophene rings is 1. The van der Waals surface area contributed by atoms with Gasteiger partial charge in [0.25, 0.3) is 0 Å². The Labute approximate surface area is 146 Å². The van der Waals surface area contributed by atoms with Crippen LogP contribution in [-0.2, 0) is 0 Å². The van der Waals surface area contributed by atoms with Crippen molar-refractivity contribution in [3.05, 3.63) is 39.4 Å². The fraction of sp³-hybridized carbons (Fsp3) is 0.294. The van der Waals surface area contributed by atoms with Crippen molar-refractivity contribution in [2.75, 3.05) is 18.0 Å². The number of phenolic OH excluding ortho intramolecular Hbond substituents is 1. The highest BCUT2D eigenvalue weighted by Crippen LogP contribution is 2.52. The van der Waals surface area contributed by atoms with E-state index in [1.807, 2.05) is 6.07 Å². The van der Waals surface area contributed by atoms with E-state index in [1.54, 1.807) is 29.7 Å². The Bertz CT molecular complexity index is 844. The van der Waals surface area contributed by atoms with E-state index in [0.717, 1.165) is 35.4 Å². The molecule has 3 aliphatic heterocycles. The summed E-state index contributed by atoms with van der Waals surface area (Å²) in [6.45, 7) is 2.16. The van der Waals surface area contributed by atoms with Crippen LogP contribution in [0.4, 0.5) is 10.0 Å². The molecule has 0 spiro atoms. The molecule has 116 valence electrons. The van der Waals surface area contributed by atoms with Crippen molar-refractivity contribution in [2.24, 2.45) is 4.99 Å². The molecule has 1 saturated heterocycles. The van der Waals surface area contributed by atoms with Gasteiger partial charge in [-0.15, -0.1) is 0 Å². The summed E-state index contributed by atoms with van der Waals surface area (Å²) in [5, 5.41) is 21.5. The summed E-state index contributed by atoms with van der Waals surface area (Å²) in [7, 11) is 0. The summed E-state index contributed by atoms with van der Waals surface area (Å²) in [4.78, 5) is 6.89. The Kier molecular flexibility index (Phi) is 3.63. The Balaban J connectivity index is 1.76. The molecule has 3 aliphatic rings. The predicted molar refractivity (Wildman–Crippen MR) is 96.3 cm³/mol. The van der Waals surface area contributed by atoms with Gasteiger partial charge >= 0.3 is 0 Å². The number of halogens is 1. The predicted octanol–water partition coefficient (Wildman–Crippen LogP) is 4.54. The summed E-state index contributed by atoms with van der Waals surface area (Å²) in [6.07, 6.45) is 3.90. The third-order valence-corrected chi connectivity index (χ3v) is 6.19. The van der Waals surface area contributed by atoms with Crippen LogP contribution in [0.15, 0.2) is 27.7 Å². The molecule has 0 aliphatic carbocycles. The number of rotatable bonds is 2. The van der Waals surface area contributed by atoms with E-state index in [4.69, 9.17) is 0 Å². The summed E-state index contributed by atoms with van der Waals surface area (Å²) >= 11 is 4.98. The van der Waals surface area contributed by atoms with Gasteiger partial charge in [0.05, 0.1) is 10.6 Å². The number of aliphatic imine (C=N–C) groups is 1. The lowest BCUT2D eigenvalue weighted by atomic mass is 9.84. The number of hydrogen-bond donors (Lipinski definition) is 1. The van der Waals surface area contributed by atoms with Gasteiger partial charge in [0, 0.05) is 34.9 Å². The number of fused-ring (bicyclic) bond motifs is 2. The van der Waals surface area contributed by atoms with Crippen LogP contribution in [0, 0.1) is 11.3 Å². The minimum atomic E-state index is 0.181. The zero-order chi connectivity index (χ0) is 16.0. The van der Waals surface area contributed by atoms with E-state index >= 15 is 0 Å². The number of hydrogen-bond acceptors (Lipinski definition) is 5. The molecule has 2 bridgehead atoms. The molecule has 0 saturated carbocycles. The molecule has 0 radical (unpaired) electrons. The van der Waals surface area contributed by atoms with Crippen molar-refractivity contribution < 1.29 is 5.11 Å². The molecular weight excluding hydrogens is 374 g/mol. The fourth-order valence-corrected chi connectivity index (χ4v) is 4.98. The SMILES string of the molecule is N#Cc1c(N=Cc2cc(Br)ccc2O)sc2c1C1CCN2CC1. The zero-order valence-electron chi connectivity index (χ0n) is 12.3. The lowest BCUT2D eigenvalue weighted by Crippen LogP contribution is -2.37. The van der Waals surface area contributed by atoms with E-state index in [9.17, 15) is 10.4 Å². The molecule has 0 atom stereocenters. The number of nitriles is 1. The Morgan fingerprint density at radius 1 is 1.39 bits per heavy atom. The van der Waals surface area contributed by atoms with Crippen molar-refractivity contribution in [3.8, 4) is 11.8 Å². The molecular formula is C17H14BrN3OS. The number of aromatic hydroxyl groups is 1. The van der Waals surface area contributed by atoms with Crippen LogP contribution in [0.1, 0.15) is 35.4 Å². The van der Waals surface area contributed by atoms with Gasteiger partial charge in [0.2, 0.25) is 0 Å². The van der Waals surface area contributed by atoms with Gasteiger partial charge in [-0.05, 0) is 37.0 Å². The van der Waals surface area contributed by atoms with Crippen molar-refractivity contribution in [1.82, 2.24) is 0 Å². The average molecular weight is 388 g/mol. The van der Waals surface area contributed by atoms with Crippen LogP contribution in [0.5, 0.6) is 5.75 Å². The molecule has 23 heavy (non-hydrogen) atoms. The Morgan fingerprint density at radius 3 is 2.91 bits per heavy atom. The van der Waals surface area contributed by atoms with Gasteiger partial charge < -0.3 is 10.0 Å². The lowest BCUT2D eigenvalue weighted by Gasteiger charge is -2.39. The van der Waals surface area contributed by atoms with Gasteiger partial charge in [-0.3, -0.25) is 0 Å². The highest BCUT2D eigenvalue weighted by Gasteiger charge is 2.36. The van der Waals surface area contributed by atoms with E-state index in [1.165, 1.54) is 10.6 Å². The molecule has 0 amide bonds. The summed E-state index contributed by atoms with van der Waals surface area (Å²) in [6, 6.07) is 7.57. The largest absolute Gasteiger partial charge is 0.507 e. The first-order valence-electron chi connectivity index (χ1n) is 7.51. The third kappa shape index (κ3) is 2.44. The van der Waals surface area contributed by atoms with Gasteiger partial charge in [0.1, 0.15) is 16.8 Å². The number of phenols is 1. The van der Waals surface area contributed by atoms with Gasteiger partial charge in [-0.25, -0.2) is 4.99 Å². The minimum absolute atomic E-state index is 0.181. The van der Waals surface area contributed by atoms with E-state index in [0.29, 0.717) is 17.0 Å². The van der Waals surface area contributed by atoms with Crippen LogP contribution in [-0.4, -0.2) is 24.4 Å². The number of piperidine rings is 1. The normalized spacial score (nSPS) is 16.8. The van der Waals surface area contributed by atoms with Crippen molar-refractivity contribution in [1.29, 1.82) is 5.26 Å². The summed E-state index contributed by atoms with van der Waals surface area (Å²) in [5.74, 6) is 0.685. The monoisotopic (exact) mass is 387 g/mol. The van der Waals surface area contributed by atoms with E-state index in [-0.39, 0.29) is 5.75 Å². The second kappa shape index (κ2) is 5.66. The quantitative estimate of drug-likeness (QED) is 0.769. The fourth-order valence-electron chi connectivity index (χ4n) is 3.36. The molecule has 6 heteroatoms. The molecule has 1 aromatic carbocycles. The van der Waals surface area contributed by atoms with Gasteiger partial charge in [0.15, 0.2) is 0 Å². The Morgan fingerprint density at radius 2 is 2.17 bits per heavy atom. The topological polar surface area (TPSA) is 59.6 Å². The number of benzene rings is 1. The summed E-state index contributed by atoms with van der Waals surface area (Å²) < 4.78 is 0.881. The lowest BCUT2D eigenvalue weighted by molar-refractivity contribution is 0.474. The average Bonchev–Trinajstić information content (AvgIpc) is 2.97. The first kappa shape index (κ1) is 14.7. The molecule has 1 fully saturated rings. The third-order valence-electron chi connectivity index (χ3n) is 4.52. The second-order valence-corrected chi connectivity index (χ2v) is 7.73. The molecule has 5 rings (SSSR count). The molecule has 1 N–H and O–H groups in total. The number of nitrogens with zero attached hydrogens (tertiary/aromatic N) is 3. The maximum absolute atomic E-state index is 9.91. The van der Waals surface area contributed by atoms with Crippen molar-refractivity contribution >= 4 is 43.5 Å². The molecule has 2 aromatic rings. The van der Waals surface area contributed by atoms with Crippen molar-refractivity contribution in [2.45, 2.75) is 18.8 Å². The standard InChI is InChI=1S/C17H14BrN3OS/c18-12-1-2-14(22)11(7-12)9-20-16-13(8-19)15-10-3-5-21(6-4-10)17(15)23-16/h1-2,7,9-10,22H,3-6H2. The van der Waals surface area contributed by atoms with Crippen LogP contribution in [0.25, 0.3) is 0 Å². The summed E-state index contributed by atoms with van der Waals surface area (Å²) in [5.41, 5.74) is 2.55. The van der Waals surface area contributed by atoms with Crippen LogP contribution in [0.3, 0.4) is 0 Å². The highest BCUT2D eigenvalue weighted by atomic mass is 79.9. The first-order chi connectivity index (χ1) is 11.2. The minimum Gasteiger partial charge on any atom is -0.507 e. The number of anilines is 1. The maximum atomic E-state index is 9.91. The van der Waals surface area contributed by atoms with Gasteiger partial charge in [-0.1, -0.05) is 27.3 Å². The van der Waals surface area contributed by atoms with Gasteiger partial charge in [-0.2, -0.15) is 5.26 Å². The molecule has 0 unspecified atom stereocenters. The molecule has 4 heterocycles. The van der Waals surface area contributed by atoms with Crippen LogP contribution < -0.4 is 4.90 Å². The van der Waals surface area contributed by atoms with Crippen molar-refractivity contribution in [3.63, 3.8) is 0 Å². The molecule has 1 aromatic heterocycles.